The van der Waals surface area contributed by atoms with Crippen LogP contribution in [0.4, 0.5) is 0 Å². The Balaban J connectivity index is 1.28. The number of nitrogens with one attached hydrogen (secondary N) is 1. The monoisotopic (exact) mass is 503 g/mol. The van der Waals surface area contributed by atoms with Gasteiger partial charge in [0.25, 0.3) is 0 Å². The number of nitrogens with zero attached hydrogens (tertiary/aromatic N) is 8. The van der Waals surface area contributed by atoms with E-state index in [-0.39, 0.29) is 0 Å². The van der Waals surface area contributed by atoms with Gasteiger partial charge >= 0.3 is 0 Å². The Morgan fingerprint density at radius 1 is 0.921 bits per heavy atom. The van der Waals surface area contributed by atoms with E-state index < -0.39 is 0 Å². The van der Waals surface area contributed by atoms with Crippen LogP contribution in [0.15, 0.2) is 60.6 Å². The molecule has 0 amide bonds. The van der Waals surface area contributed by atoms with Crippen molar-refractivity contribution in [2.45, 2.75) is 39.2 Å². The van der Waals surface area contributed by atoms with Crippen molar-refractivity contribution in [3.05, 3.63) is 84.0 Å². The summed E-state index contributed by atoms with van der Waals surface area (Å²) in [7, 11) is 0. The van der Waals surface area contributed by atoms with Crippen LogP contribution in [0.5, 0.6) is 0 Å². The molecule has 9 nitrogen and oxygen atoms in total. The van der Waals surface area contributed by atoms with Gasteiger partial charge in [-0.3, -0.25) is 24.8 Å². The van der Waals surface area contributed by atoms with Crippen LogP contribution in [0, 0.1) is 6.92 Å². The highest BCUT2D eigenvalue weighted by atomic mass is 15.1. The first kappa shape index (κ1) is 22.9. The van der Waals surface area contributed by atoms with Gasteiger partial charge in [0.15, 0.2) is 5.82 Å². The summed E-state index contributed by atoms with van der Waals surface area (Å²) in [5.74, 6) is 0.731. The van der Waals surface area contributed by atoms with E-state index in [0.29, 0.717) is 0 Å². The summed E-state index contributed by atoms with van der Waals surface area (Å²) >= 11 is 0. The second-order valence-corrected chi connectivity index (χ2v) is 10.2. The minimum absolute atomic E-state index is 0.731. The maximum Gasteiger partial charge on any atom is 0.157 e. The number of pyridine rings is 3. The van der Waals surface area contributed by atoms with Crippen LogP contribution >= 0.6 is 0 Å². The fourth-order valence-corrected chi connectivity index (χ4v) is 5.48. The molecule has 0 saturated carbocycles. The Hall–Kier alpha value is -4.24. The molecule has 5 aromatic rings. The highest BCUT2D eigenvalue weighted by molar-refractivity contribution is 6.13. The maximum atomic E-state index is 5.02. The second-order valence-electron chi connectivity index (χ2n) is 10.2. The number of hydrogen-bond donors (Lipinski definition) is 1. The number of hydrogen-bond acceptors (Lipinski definition) is 7. The Kier molecular flexibility index (Phi) is 5.77. The van der Waals surface area contributed by atoms with Gasteiger partial charge < -0.3 is 9.55 Å². The number of rotatable bonds is 5. The van der Waals surface area contributed by atoms with Crippen LogP contribution in [0.25, 0.3) is 27.8 Å². The summed E-state index contributed by atoms with van der Waals surface area (Å²) < 4.78 is 1.96. The number of likely N-dealkylation sites (tertiary alicyclic amines) is 1. The zero-order valence-electron chi connectivity index (χ0n) is 21.4. The lowest BCUT2D eigenvalue weighted by Gasteiger charge is -2.15. The summed E-state index contributed by atoms with van der Waals surface area (Å²) in [6.07, 6.45) is 17.7. The lowest BCUT2D eigenvalue weighted by Crippen LogP contribution is -2.18. The van der Waals surface area contributed by atoms with Gasteiger partial charge in [-0.05, 0) is 63.4 Å². The Bertz CT molecular complexity index is 1660. The summed E-state index contributed by atoms with van der Waals surface area (Å²) in [5.41, 5.74) is 9.80. The first-order valence-corrected chi connectivity index (χ1v) is 13.3. The van der Waals surface area contributed by atoms with Crippen LogP contribution in [0.3, 0.4) is 0 Å². The van der Waals surface area contributed by atoms with Gasteiger partial charge in [0.2, 0.25) is 0 Å². The molecule has 0 bridgehead atoms. The van der Waals surface area contributed by atoms with Gasteiger partial charge in [0.05, 0.1) is 35.6 Å². The lowest BCUT2D eigenvalue weighted by atomic mass is 10.00. The SMILES string of the molecule is Cc1cn(-c2cncc3[nH]c(C4=NCCCc5ncc(-c6cncc(CN7CCCC7)c6)cc54)nc23)cn1. The van der Waals surface area contributed by atoms with Gasteiger partial charge in [-0.2, -0.15) is 0 Å². The lowest BCUT2D eigenvalue weighted by molar-refractivity contribution is 0.331. The third kappa shape index (κ3) is 4.28. The van der Waals surface area contributed by atoms with Crippen LogP contribution in [0.1, 0.15) is 47.6 Å². The molecule has 0 spiro atoms. The third-order valence-corrected chi connectivity index (χ3v) is 7.39. The van der Waals surface area contributed by atoms with Crippen molar-refractivity contribution in [2.24, 2.45) is 4.99 Å². The van der Waals surface area contributed by atoms with Gasteiger partial charge in [-0.25, -0.2) is 9.97 Å². The molecule has 38 heavy (non-hydrogen) atoms. The minimum atomic E-state index is 0.731. The van der Waals surface area contributed by atoms with E-state index in [1.54, 1.807) is 6.33 Å². The zero-order valence-corrected chi connectivity index (χ0v) is 21.4. The molecule has 2 aliphatic rings. The van der Waals surface area contributed by atoms with E-state index in [9.17, 15) is 0 Å². The summed E-state index contributed by atoms with van der Waals surface area (Å²) in [6, 6.07) is 4.45. The molecule has 9 heteroatoms. The molecule has 0 aromatic carbocycles. The van der Waals surface area contributed by atoms with Gasteiger partial charge in [-0.1, -0.05) is 0 Å². The molecule has 5 aromatic heterocycles. The molecular formula is C29H29N9. The topological polar surface area (TPSA) is 101 Å². The number of aliphatic imine (C=N–C) groups is 1. The average molecular weight is 504 g/mol. The maximum absolute atomic E-state index is 5.02. The largest absolute Gasteiger partial charge is 0.335 e. The molecule has 1 fully saturated rings. The van der Waals surface area contributed by atoms with Crippen LogP contribution in [-0.2, 0) is 13.0 Å². The summed E-state index contributed by atoms with van der Waals surface area (Å²) in [6.45, 7) is 5.98. The highest BCUT2D eigenvalue weighted by Gasteiger charge is 2.21. The number of aromatic nitrogens is 7. The predicted molar refractivity (Wildman–Crippen MR) is 147 cm³/mol. The van der Waals surface area contributed by atoms with Gasteiger partial charge in [0.1, 0.15) is 11.2 Å². The fraction of sp³-hybridized carbons (Fsp3) is 0.310. The molecule has 7 rings (SSSR count). The molecular weight excluding hydrogens is 474 g/mol. The molecule has 0 atom stereocenters. The third-order valence-electron chi connectivity index (χ3n) is 7.39. The van der Waals surface area contributed by atoms with Crippen molar-refractivity contribution in [3.8, 4) is 16.8 Å². The van der Waals surface area contributed by atoms with Crippen molar-refractivity contribution in [1.29, 1.82) is 0 Å². The standard InChI is InChI=1S/C29H29N9/c1-19-16-38(18-34-19)26-15-31-14-25-28(26)36-29(35-25)27-23-10-22(13-33-24(23)5-4-6-32-27)21-9-20(11-30-12-21)17-37-7-2-3-8-37/h9-16,18H,2-8,17H2,1H3,(H,35,36). The number of fused-ring (bicyclic) bond motifs is 2. The summed E-state index contributed by atoms with van der Waals surface area (Å²) in [4.78, 5) is 34.2. The normalized spacial score (nSPS) is 16.0. The van der Waals surface area contributed by atoms with Crippen LogP contribution < -0.4 is 0 Å². The number of imidazole rings is 2. The Morgan fingerprint density at radius 3 is 2.66 bits per heavy atom. The van der Waals surface area contributed by atoms with Crippen molar-refractivity contribution < 1.29 is 0 Å². The second kappa shape index (κ2) is 9.57. The Labute approximate surface area is 220 Å². The molecule has 0 unspecified atom stereocenters. The quantitative estimate of drug-likeness (QED) is 0.384. The molecule has 1 saturated heterocycles. The number of H-pyrrole nitrogens is 1. The average Bonchev–Trinajstić information content (AvgIpc) is 3.68. The van der Waals surface area contributed by atoms with Crippen molar-refractivity contribution >= 4 is 16.7 Å². The van der Waals surface area contributed by atoms with Crippen molar-refractivity contribution in [2.75, 3.05) is 19.6 Å². The van der Waals surface area contributed by atoms with Crippen LogP contribution in [-0.4, -0.2) is 64.7 Å². The number of aromatic amines is 1. The first-order chi connectivity index (χ1) is 18.7. The molecule has 1 N–H and O–H groups in total. The molecule has 0 aliphatic carbocycles. The Morgan fingerprint density at radius 2 is 1.79 bits per heavy atom. The van der Waals surface area contributed by atoms with Gasteiger partial charge in [0, 0.05) is 60.3 Å². The zero-order chi connectivity index (χ0) is 25.5. The van der Waals surface area contributed by atoms with E-state index in [2.05, 4.69) is 37.0 Å². The molecule has 2 aliphatic heterocycles. The molecule has 7 heterocycles. The van der Waals surface area contributed by atoms with E-state index >= 15 is 0 Å². The van der Waals surface area contributed by atoms with Crippen LogP contribution in [0.2, 0.25) is 0 Å². The van der Waals surface area contributed by atoms with Gasteiger partial charge in [-0.15, -0.1) is 0 Å². The highest BCUT2D eigenvalue weighted by Crippen LogP contribution is 2.27. The number of aryl methyl sites for hydroxylation is 2. The predicted octanol–water partition coefficient (Wildman–Crippen LogP) is 4.29. The smallest absolute Gasteiger partial charge is 0.157 e. The van der Waals surface area contributed by atoms with E-state index in [0.717, 1.165) is 82.3 Å². The molecule has 190 valence electrons. The summed E-state index contributed by atoms with van der Waals surface area (Å²) in [5, 5.41) is 0. The molecule has 0 radical (unpaired) electrons. The minimum Gasteiger partial charge on any atom is -0.335 e. The van der Waals surface area contributed by atoms with E-state index in [1.807, 2.05) is 48.7 Å². The van der Waals surface area contributed by atoms with E-state index in [1.165, 1.54) is 31.5 Å². The first-order valence-electron chi connectivity index (χ1n) is 13.3. The van der Waals surface area contributed by atoms with Crippen molar-refractivity contribution in [3.63, 3.8) is 0 Å². The van der Waals surface area contributed by atoms with E-state index in [4.69, 9.17) is 15.0 Å². The fourth-order valence-electron chi connectivity index (χ4n) is 5.48. The van der Waals surface area contributed by atoms with Crippen molar-refractivity contribution in [1.82, 2.24) is 39.4 Å².